The Hall–Kier alpha value is -1.58. The molecule has 106 valence electrons. The first-order valence-corrected chi connectivity index (χ1v) is 8.15. The van der Waals surface area contributed by atoms with Gasteiger partial charge in [-0.25, -0.2) is 8.42 Å². The number of sulfonamides is 1. The highest BCUT2D eigenvalue weighted by Crippen LogP contribution is 2.39. The van der Waals surface area contributed by atoms with Crippen molar-refractivity contribution in [2.24, 2.45) is 8.73 Å². The first-order valence-electron chi connectivity index (χ1n) is 5.93. The smallest absolute Gasteiger partial charge is 0.324 e. The van der Waals surface area contributed by atoms with Gasteiger partial charge in [0.25, 0.3) is 0 Å². The minimum atomic E-state index is -3.95. The van der Waals surface area contributed by atoms with Crippen molar-refractivity contribution in [3.8, 4) is 0 Å². The van der Waals surface area contributed by atoms with Crippen molar-refractivity contribution in [3.63, 3.8) is 0 Å². The summed E-state index contributed by atoms with van der Waals surface area (Å²) in [5.74, 6) is -1.14. The van der Waals surface area contributed by atoms with Gasteiger partial charge in [0.05, 0.1) is 11.4 Å². The fourth-order valence-corrected chi connectivity index (χ4v) is 4.39. The first-order chi connectivity index (χ1) is 9.45. The molecule has 1 heterocycles. The average Bonchev–Trinajstić information content (AvgIpc) is 2.81. The number of carbonyl (C=O) groups is 1. The Morgan fingerprint density at radius 1 is 1.35 bits per heavy atom. The van der Waals surface area contributed by atoms with E-state index in [2.05, 4.69) is 13.4 Å². The van der Waals surface area contributed by atoms with Crippen LogP contribution in [0.4, 0.5) is 11.4 Å². The number of nitrogens with zero attached hydrogens (tertiary/aromatic N) is 2. The topological polar surface area (TPSA) is 108 Å². The largest absolute Gasteiger partial charge is 0.480 e. The molecule has 2 aliphatic rings. The standard InChI is InChI=1S/C11H11N3O4S2/c15-10(16)11(5-2-6-11)14-20(17,18)8-4-1-3-7-9(8)13-19-12-7/h1,3-4,14H,2,5-6H2,(H,15,16). The van der Waals surface area contributed by atoms with E-state index in [-0.39, 0.29) is 10.6 Å². The fraction of sp³-hybridized carbons (Fsp3) is 0.364. The molecule has 0 bridgehead atoms. The van der Waals surface area contributed by atoms with Gasteiger partial charge in [0, 0.05) is 0 Å². The van der Waals surface area contributed by atoms with Crippen molar-refractivity contribution in [1.82, 2.24) is 4.72 Å². The van der Waals surface area contributed by atoms with Gasteiger partial charge in [-0.15, -0.1) is 0 Å². The molecule has 0 radical (unpaired) electrons. The van der Waals surface area contributed by atoms with Crippen molar-refractivity contribution in [2.45, 2.75) is 29.7 Å². The Bertz CT molecular complexity index is 762. The van der Waals surface area contributed by atoms with Crippen LogP contribution in [0, 0.1) is 0 Å². The van der Waals surface area contributed by atoms with E-state index in [1.165, 1.54) is 6.07 Å². The second kappa shape index (κ2) is 4.47. The highest BCUT2D eigenvalue weighted by atomic mass is 32.2. The lowest BCUT2D eigenvalue weighted by Gasteiger charge is -2.37. The van der Waals surface area contributed by atoms with Gasteiger partial charge < -0.3 is 5.11 Å². The van der Waals surface area contributed by atoms with E-state index in [0.717, 1.165) is 11.4 Å². The van der Waals surface area contributed by atoms with Crippen LogP contribution in [-0.2, 0) is 26.2 Å². The number of aliphatic carboxylic acids is 1. The maximum Gasteiger partial charge on any atom is 0.324 e. The lowest BCUT2D eigenvalue weighted by Crippen LogP contribution is -2.58. The predicted molar refractivity (Wildman–Crippen MR) is 72.5 cm³/mol. The maximum absolute atomic E-state index is 12.4. The minimum absolute atomic E-state index is 0.0312. The summed E-state index contributed by atoms with van der Waals surface area (Å²) in [6.45, 7) is 0. The van der Waals surface area contributed by atoms with E-state index >= 15 is 0 Å². The second-order valence-electron chi connectivity index (χ2n) is 4.73. The molecule has 0 spiro atoms. The third kappa shape index (κ3) is 1.98. The van der Waals surface area contributed by atoms with Crippen molar-refractivity contribution in [2.75, 3.05) is 0 Å². The molecule has 1 aromatic rings. The van der Waals surface area contributed by atoms with Crippen LogP contribution in [0.1, 0.15) is 19.3 Å². The summed E-state index contributed by atoms with van der Waals surface area (Å²) in [5, 5.41) is 9.21. The van der Waals surface area contributed by atoms with Crippen molar-refractivity contribution in [3.05, 3.63) is 18.2 Å². The van der Waals surface area contributed by atoms with Crippen LogP contribution < -0.4 is 4.72 Å². The summed E-state index contributed by atoms with van der Waals surface area (Å²) in [6.07, 6.45) is 1.29. The van der Waals surface area contributed by atoms with Crippen LogP contribution in [0.5, 0.6) is 0 Å². The number of carboxylic acids is 1. The number of fused-ring (bicyclic) bond motifs is 1. The molecule has 1 saturated carbocycles. The predicted octanol–water partition coefficient (Wildman–Crippen LogP) is 1.70. The molecule has 1 aromatic carbocycles. The Balaban J connectivity index is 2.00. The molecule has 2 N–H and O–H groups in total. The van der Waals surface area contributed by atoms with Crippen LogP contribution in [0.2, 0.25) is 0 Å². The molecule has 0 atom stereocenters. The zero-order chi connectivity index (χ0) is 14.4. The number of hydrogen-bond acceptors (Lipinski definition) is 5. The van der Waals surface area contributed by atoms with Gasteiger partial charge in [-0.1, -0.05) is 6.07 Å². The van der Waals surface area contributed by atoms with Crippen LogP contribution in [0.3, 0.4) is 0 Å². The number of hydrogen-bond donors (Lipinski definition) is 2. The van der Waals surface area contributed by atoms with E-state index in [4.69, 9.17) is 0 Å². The third-order valence-corrected chi connectivity index (χ3v) is 5.60. The lowest BCUT2D eigenvalue weighted by atomic mass is 9.78. The average molecular weight is 313 g/mol. The number of rotatable bonds is 4. The number of nitrogens with one attached hydrogen (secondary N) is 1. The van der Waals surface area contributed by atoms with Gasteiger partial charge in [-0.3, -0.25) is 4.79 Å². The highest BCUT2D eigenvalue weighted by Gasteiger charge is 2.48. The van der Waals surface area contributed by atoms with Gasteiger partial charge in [-0.2, -0.15) is 13.4 Å². The summed E-state index contributed by atoms with van der Waals surface area (Å²) < 4.78 is 35.1. The Labute approximate surface area is 119 Å². The maximum atomic E-state index is 12.4. The molecule has 9 heteroatoms. The highest BCUT2D eigenvalue weighted by molar-refractivity contribution is 7.89. The molecule has 0 amide bonds. The van der Waals surface area contributed by atoms with Crippen LogP contribution >= 0.6 is 0 Å². The Kier molecular flexibility index (Phi) is 3.00. The van der Waals surface area contributed by atoms with E-state index < -0.39 is 21.5 Å². The third-order valence-electron chi connectivity index (χ3n) is 3.48. The first kappa shape index (κ1) is 13.4. The van der Waals surface area contributed by atoms with Crippen molar-refractivity contribution >= 4 is 38.7 Å². The summed E-state index contributed by atoms with van der Waals surface area (Å²) >= 11 is 0.919. The number of carboxylic acid groups (broad SMARTS) is 1. The Morgan fingerprint density at radius 2 is 2.10 bits per heavy atom. The summed E-state index contributed by atoms with van der Waals surface area (Å²) in [5.41, 5.74) is -0.634. The van der Waals surface area contributed by atoms with Crippen LogP contribution in [0.25, 0.3) is 0 Å². The van der Waals surface area contributed by atoms with E-state index in [1.54, 1.807) is 12.1 Å². The Morgan fingerprint density at radius 3 is 2.70 bits per heavy atom. The SMILES string of the molecule is O=C(O)C1(NS(=O)(=O)c2cccc3c2N=S=N3)CCC1. The molecule has 1 aliphatic carbocycles. The molecule has 3 rings (SSSR count). The fourth-order valence-electron chi connectivity index (χ4n) is 2.20. The van der Waals surface area contributed by atoms with E-state index in [1.807, 2.05) is 0 Å². The van der Waals surface area contributed by atoms with Gasteiger partial charge in [-0.05, 0) is 31.4 Å². The van der Waals surface area contributed by atoms with E-state index in [9.17, 15) is 18.3 Å². The lowest BCUT2D eigenvalue weighted by molar-refractivity contribution is -0.147. The van der Waals surface area contributed by atoms with Gasteiger partial charge in [0.1, 0.15) is 21.8 Å². The van der Waals surface area contributed by atoms with Crippen LogP contribution in [0.15, 0.2) is 31.8 Å². The van der Waals surface area contributed by atoms with Gasteiger partial charge in [0.15, 0.2) is 0 Å². The van der Waals surface area contributed by atoms with Crippen molar-refractivity contribution in [1.29, 1.82) is 0 Å². The number of benzene rings is 1. The summed E-state index contributed by atoms with van der Waals surface area (Å²) in [4.78, 5) is 11.2. The quantitative estimate of drug-likeness (QED) is 0.895. The molecular formula is C11H11N3O4S2. The zero-order valence-corrected chi connectivity index (χ0v) is 11.9. The van der Waals surface area contributed by atoms with Gasteiger partial charge >= 0.3 is 5.97 Å². The van der Waals surface area contributed by atoms with Crippen LogP contribution in [-0.4, -0.2) is 25.0 Å². The van der Waals surface area contributed by atoms with E-state index in [0.29, 0.717) is 24.9 Å². The van der Waals surface area contributed by atoms with Crippen molar-refractivity contribution < 1.29 is 18.3 Å². The molecule has 1 fully saturated rings. The molecule has 0 unspecified atom stereocenters. The molecular weight excluding hydrogens is 302 g/mol. The molecule has 1 aliphatic heterocycles. The summed E-state index contributed by atoms with van der Waals surface area (Å²) in [6, 6.07) is 4.63. The second-order valence-corrected chi connectivity index (χ2v) is 6.91. The molecule has 20 heavy (non-hydrogen) atoms. The van der Waals surface area contributed by atoms with Gasteiger partial charge in [0.2, 0.25) is 10.0 Å². The molecule has 0 aromatic heterocycles. The monoisotopic (exact) mass is 313 g/mol. The summed E-state index contributed by atoms with van der Waals surface area (Å²) in [7, 11) is -3.95. The normalized spacial score (nSPS) is 19.0. The molecule has 0 saturated heterocycles. The molecule has 7 nitrogen and oxygen atoms in total. The minimum Gasteiger partial charge on any atom is -0.480 e. The zero-order valence-electron chi connectivity index (χ0n) is 10.2.